The van der Waals surface area contributed by atoms with Crippen molar-refractivity contribution in [2.24, 2.45) is 17.1 Å². The van der Waals surface area contributed by atoms with E-state index in [0.717, 1.165) is 45.1 Å². The Bertz CT molecular complexity index is 371. The van der Waals surface area contributed by atoms with Gasteiger partial charge in [0, 0.05) is 12.6 Å². The zero-order valence-electron chi connectivity index (χ0n) is 12.9. The largest absolute Gasteiger partial charge is 0.392 e. The van der Waals surface area contributed by atoms with Gasteiger partial charge in [0.1, 0.15) is 0 Å². The van der Waals surface area contributed by atoms with Crippen LogP contribution in [-0.4, -0.2) is 28.4 Å². The molecule has 2 aliphatic rings. The van der Waals surface area contributed by atoms with Crippen LogP contribution in [0.2, 0.25) is 0 Å². The molecule has 0 heterocycles. The molecular formula is C16H28N2OS. The molecule has 2 aliphatic carbocycles. The lowest BCUT2D eigenvalue weighted by atomic mass is 9.67. The lowest BCUT2D eigenvalue weighted by molar-refractivity contribution is -0.144. The Labute approximate surface area is 128 Å². The van der Waals surface area contributed by atoms with E-state index in [1.165, 1.54) is 12.8 Å². The maximum absolute atomic E-state index is 13.0. The molecule has 2 N–H and O–H groups in total. The van der Waals surface area contributed by atoms with Gasteiger partial charge in [0.05, 0.1) is 10.4 Å². The summed E-state index contributed by atoms with van der Waals surface area (Å²) < 4.78 is 0. The second kappa shape index (κ2) is 6.42. The molecule has 0 aliphatic heterocycles. The Morgan fingerprint density at radius 1 is 1.30 bits per heavy atom. The summed E-state index contributed by atoms with van der Waals surface area (Å²) in [6.45, 7) is 5.29. The SMILES string of the molecule is CC(C)CCN(C(=O)C1(C(N)=S)CCC1)C1CCCC1. The molecule has 0 spiro atoms. The average Bonchev–Trinajstić information content (AvgIpc) is 2.80. The van der Waals surface area contributed by atoms with Crippen LogP contribution < -0.4 is 5.73 Å². The predicted octanol–water partition coefficient (Wildman–Crippen LogP) is 3.26. The van der Waals surface area contributed by atoms with Crippen molar-refractivity contribution in [3.05, 3.63) is 0 Å². The summed E-state index contributed by atoms with van der Waals surface area (Å²) in [5.74, 6) is 0.845. The zero-order valence-corrected chi connectivity index (χ0v) is 13.7. The highest BCUT2D eigenvalue weighted by molar-refractivity contribution is 7.80. The van der Waals surface area contributed by atoms with Crippen LogP contribution in [0, 0.1) is 11.3 Å². The number of amides is 1. The minimum absolute atomic E-state index is 0.226. The molecule has 1 amide bonds. The van der Waals surface area contributed by atoms with Gasteiger partial charge >= 0.3 is 0 Å². The number of nitrogens with zero attached hydrogens (tertiary/aromatic N) is 1. The molecule has 0 aromatic heterocycles. The molecule has 3 nitrogen and oxygen atoms in total. The summed E-state index contributed by atoms with van der Waals surface area (Å²) in [6, 6.07) is 0.424. The van der Waals surface area contributed by atoms with E-state index in [4.69, 9.17) is 18.0 Å². The normalized spacial score (nSPS) is 21.8. The zero-order chi connectivity index (χ0) is 14.8. The molecule has 0 atom stereocenters. The summed E-state index contributed by atoms with van der Waals surface area (Å²) in [4.78, 5) is 15.6. The fourth-order valence-corrected chi connectivity index (χ4v) is 3.73. The minimum atomic E-state index is -0.505. The summed E-state index contributed by atoms with van der Waals surface area (Å²) in [5, 5.41) is 0. The fraction of sp³-hybridized carbons (Fsp3) is 0.875. The maximum atomic E-state index is 13.0. The monoisotopic (exact) mass is 296 g/mol. The summed E-state index contributed by atoms with van der Waals surface area (Å²) in [7, 11) is 0. The molecular weight excluding hydrogens is 268 g/mol. The first-order chi connectivity index (χ1) is 9.47. The van der Waals surface area contributed by atoms with Gasteiger partial charge in [-0.15, -0.1) is 0 Å². The predicted molar refractivity (Wildman–Crippen MR) is 86.5 cm³/mol. The van der Waals surface area contributed by atoms with E-state index in [1.54, 1.807) is 0 Å². The molecule has 2 rings (SSSR count). The van der Waals surface area contributed by atoms with Crippen molar-refractivity contribution in [2.75, 3.05) is 6.54 Å². The first kappa shape index (κ1) is 15.7. The summed E-state index contributed by atoms with van der Waals surface area (Å²) >= 11 is 5.22. The Morgan fingerprint density at radius 2 is 1.90 bits per heavy atom. The Morgan fingerprint density at radius 3 is 2.30 bits per heavy atom. The summed E-state index contributed by atoms with van der Waals surface area (Å²) in [6.07, 6.45) is 8.64. The van der Waals surface area contributed by atoms with Crippen LogP contribution in [0.4, 0.5) is 0 Å². The lowest BCUT2D eigenvalue weighted by Gasteiger charge is -2.44. The fourth-order valence-electron chi connectivity index (χ4n) is 3.43. The Kier molecular flexibility index (Phi) is 5.05. The number of hydrogen-bond donors (Lipinski definition) is 1. The van der Waals surface area contributed by atoms with Crippen molar-refractivity contribution >= 4 is 23.1 Å². The van der Waals surface area contributed by atoms with E-state index in [9.17, 15) is 4.79 Å². The molecule has 0 bridgehead atoms. The van der Waals surface area contributed by atoms with Crippen LogP contribution >= 0.6 is 12.2 Å². The van der Waals surface area contributed by atoms with Crippen molar-refractivity contribution < 1.29 is 4.79 Å². The van der Waals surface area contributed by atoms with Crippen LogP contribution in [-0.2, 0) is 4.79 Å². The van der Waals surface area contributed by atoms with E-state index in [-0.39, 0.29) is 5.91 Å². The molecule has 114 valence electrons. The van der Waals surface area contributed by atoms with Gasteiger partial charge in [-0.25, -0.2) is 0 Å². The van der Waals surface area contributed by atoms with Crippen LogP contribution in [0.5, 0.6) is 0 Å². The highest BCUT2D eigenvalue weighted by Gasteiger charge is 2.50. The van der Waals surface area contributed by atoms with Crippen molar-refractivity contribution in [3.63, 3.8) is 0 Å². The van der Waals surface area contributed by atoms with Gasteiger partial charge in [-0.3, -0.25) is 4.79 Å². The maximum Gasteiger partial charge on any atom is 0.235 e. The molecule has 0 radical (unpaired) electrons. The van der Waals surface area contributed by atoms with Crippen LogP contribution in [0.1, 0.15) is 65.2 Å². The van der Waals surface area contributed by atoms with E-state index in [0.29, 0.717) is 16.9 Å². The van der Waals surface area contributed by atoms with Crippen LogP contribution in [0.15, 0.2) is 0 Å². The average molecular weight is 296 g/mol. The van der Waals surface area contributed by atoms with Crippen molar-refractivity contribution in [3.8, 4) is 0 Å². The van der Waals surface area contributed by atoms with Gasteiger partial charge in [0.15, 0.2) is 0 Å². The third-order valence-electron chi connectivity index (χ3n) is 5.06. The van der Waals surface area contributed by atoms with Gasteiger partial charge in [0.2, 0.25) is 5.91 Å². The van der Waals surface area contributed by atoms with Gasteiger partial charge in [-0.05, 0) is 38.0 Å². The number of carbonyl (C=O) groups excluding carboxylic acids is 1. The van der Waals surface area contributed by atoms with Gasteiger partial charge < -0.3 is 10.6 Å². The number of carbonyl (C=O) groups is 1. The molecule has 4 heteroatoms. The first-order valence-electron chi connectivity index (χ1n) is 8.08. The molecule has 2 saturated carbocycles. The standard InChI is InChI=1S/C16H28N2OS/c1-12(2)8-11-18(13-6-3-4-7-13)15(19)16(14(17)20)9-5-10-16/h12-13H,3-11H2,1-2H3,(H2,17,20). The van der Waals surface area contributed by atoms with Gasteiger partial charge in [-0.2, -0.15) is 0 Å². The lowest BCUT2D eigenvalue weighted by Crippen LogP contribution is -2.56. The molecule has 20 heavy (non-hydrogen) atoms. The highest BCUT2D eigenvalue weighted by Crippen LogP contribution is 2.44. The number of nitrogens with two attached hydrogens (primary N) is 1. The Balaban J connectivity index is 2.12. The van der Waals surface area contributed by atoms with Crippen LogP contribution in [0.25, 0.3) is 0 Å². The topological polar surface area (TPSA) is 46.3 Å². The number of rotatable bonds is 6. The second-order valence-electron chi connectivity index (χ2n) is 6.92. The van der Waals surface area contributed by atoms with E-state index in [2.05, 4.69) is 18.7 Å². The molecule has 2 fully saturated rings. The third kappa shape index (κ3) is 3.00. The third-order valence-corrected chi connectivity index (χ3v) is 5.45. The smallest absolute Gasteiger partial charge is 0.235 e. The molecule has 0 unspecified atom stereocenters. The van der Waals surface area contributed by atoms with Gasteiger partial charge in [0.25, 0.3) is 0 Å². The highest BCUT2D eigenvalue weighted by atomic mass is 32.1. The van der Waals surface area contributed by atoms with E-state index in [1.807, 2.05) is 0 Å². The second-order valence-corrected chi connectivity index (χ2v) is 7.36. The molecule has 0 aromatic rings. The van der Waals surface area contributed by atoms with E-state index >= 15 is 0 Å². The number of thiocarbonyl (C=S) groups is 1. The van der Waals surface area contributed by atoms with Crippen molar-refractivity contribution in [1.29, 1.82) is 0 Å². The number of hydrogen-bond acceptors (Lipinski definition) is 2. The van der Waals surface area contributed by atoms with Gasteiger partial charge in [-0.1, -0.05) is 45.3 Å². The van der Waals surface area contributed by atoms with Crippen LogP contribution in [0.3, 0.4) is 0 Å². The van der Waals surface area contributed by atoms with Crippen molar-refractivity contribution in [1.82, 2.24) is 4.90 Å². The molecule has 0 saturated heterocycles. The minimum Gasteiger partial charge on any atom is -0.392 e. The van der Waals surface area contributed by atoms with Crippen molar-refractivity contribution in [2.45, 2.75) is 71.3 Å². The molecule has 0 aromatic carbocycles. The first-order valence-corrected chi connectivity index (χ1v) is 8.49. The Hall–Kier alpha value is -0.640. The quantitative estimate of drug-likeness (QED) is 0.765. The summed E-state index contributed by atoms with van der Waals surface area (Å²) in [5.41, 5.74) is 5.40. The van der Waals surface area contributed by atoms with E-state index < -0.39 is 5.41 Å².